The first-order valence-electron chi connectivity index (χ1n) is 5.63. The lowest BCUT2D eigenvalue weighted by atomic mass is 9.92. The monoisotopic (exact) mass is 199 g/mol. The average molecular weight is 199 g/mol. The van der Waals surface area contributed by atoms with Gasteiger partial charge in [-0.15, -0.1) is 0 Å². The van der Waals surface area contributed by atoms with E-state index in [-0.39, 0.29) is 24.0 Å². The second-order valence-electron chi connectivity index (χ2n) is 4.28. The van der Waals surface area contributed by atoms with E-state index in [4.69, 9.17) is 0 Å². The molecule has 2 N–H and O–H groups in total. The molecule has 1 rings (SSSR count). The average Bonchev–Trinajstić information content (AvgIpc) is 2.20. The van der Waals surface area contributed by atoms with Crippen LogP contribution in [0.15, 0.2) is 0 Å². The SMILES string of the molecule is CCC(C)C(=O)N[C@@H]1CCCC[C@H]1O. The van der Waals surface area contributed by atoms with Crippen molar-refractivity contribution in [2.45, 2.75) is 58.1 Å². The molecule has 0 aromatic rings. The highest BCUT2D eigenvalue weighted by Gasteiger charge is 2.25. The van der Waals surface area contributed by atoms with Gasteiger partial charge in [0.25, 0.3) is 0 Å². The molecule has 1 fully saturated rings. The van der Waals surface area contributed by atoms with Gasteiger partial charge in [-0.25, -0.2) is 0 Å². The van der Waals surface area contributed by atoms with Crippen molar-refractivity contribution in [3.05, 3.63) is 0 Å². The number of hydrogen-bond acceptors (Lipinski definition) is 2. The minimum absolute atomic E-state index is 0.00903. The second kappa shape index (κ2) is 5.35. The van der Waals surface area contributed by atoms with Gasteiger partial charge in [0.2, 0.25) is 5.91 Å². The van der Waals surface area contributed by atoms with E-state index in [9.17, 15) is 9.90 Å². The molecule has 1 aliphatic rings. The van der Waals surface area contributed by atoms with Gasteiger partial charge < -0.3 is 10.4 Å². The van der Waals surface area contributed by atoms with Gasteiger partial charge in [0.05, 0.1) is 12.1 Å². The lowest BCUT2D eigenvalue weighted by Gasteiger charge is -2.29. The summed E-state index contributed by atoms with van der Waals surface area (Å²) in [6, 6.07) is -0.00903. The molecule has 0 aliphatic heterocycles. The Hall–Kier alpha value is -0.570. The van der Waals surface area contributed by atoms with Gasteiger partial charge in [0.1, 0.15) is 0 Å². The maximum absolute atomic E-state index is 11.6. The lowest BCUT2D eigenvalue weighted by molar-refractivity contribution is -0.126. The number of amides is 1. The molecule has 1 saturated carbocycles. The number of aliphatic hydroxyl groups is 1. The summed E-state index contributed by atoms with van der Waals surface area (Å²) in [6.07, 6.45) is 4.46. The fourth-order valence-electron chi connectivity index (χ4n) is 1.79. The van der Waals surface area contributed by atoms with Crippen LogP contribution in [0.5, 0.6) is 0 Å². The summed E-state index contributed by atoms with van der Waals surface area (Å²) in [5.74, 6) is 0.141. The third kappa shape index (κ3) is 2.98. The summed E-state index contributed by atoms with van der Waals surface area (Å²) in [5.41, 5.74) is 0. The van der Waals surface area contributed by atoms with E-state index in [1.807, 2.05) is 13.8 Å². The van der Waals surface area contributed by atoms with Gasteiger partial charge in [0.15, 0.2) is 0 Å². The predicted molar refractivity (Wildman–Crippen MR) is 55.9 cm³/mol. The molecule has 0 aromatic heterocycles. The van der Waals surface area contributed by atoms with Gasteiger partial charge >= 0.3 is 0 Å². The molecule has 1 aliphatic carbocycles. The first kappa shape index (κ1) is 11.5. The second-order valence-corrected chi connectivity index (χ2v) is 4.28. The van der Waals surface area contributed by atoms with Crippen LogP contribution in [-0.2, 0) is 4.79 Å². The fourth-order valence-corrected chi connectivity index (χ4v) is 1.79. The molecule has 0 heterocycles. The minimum atomic E-state index is -0.336. The van der Waals surface area contributed by atoms with Crippen molar-refractivity contribution in [2.75, 3.05) is 0 Å². The molecule has 3 heteroatoms. The number of carbonyl (C=O) groups is 1. The molecule has 0 bridgehead atoms. The topological polar surface area (TPSA) is 49.3 Å². The van der Waals surface area contributed by atoms with Gasteiger partial charge in [-0.3, -0.25) is 4.79 Å². The quantitative estimate of drug-likeness (QED) is 0.723. The number of nitrogens with one attached hydrogen (secondary N) is 1. The van der Waals surface area contributed by atoms with Crippen LogP contribution in [0.3, 0.4) is 0 Å². The zero-order chi connectivity index (χ0) is 10.6. The van der Waals surface area contributed by atoms with Crippen molar-refractivity contribution in [1.29, 1.82) is 0 Å². The van der Waals surface area contributed by atoms with Crippen LogP contribution in [0.2, 0.25) is 0 Å². The fraction of sp³-hybridized carbons (Fsp3) is 0.909. The van der Waals surface area contributed by atoms with E-state index in [0.29, 0.717) is 0 Å². The smallest absolute Gasteiger partial charge is 0.223 e. The number of aliphatic hydroxyl groups excluding tert-OH is 1. The third-order valence-corrected chi connectivity index (χ3v) is 3.12. The Bertz CT molecular complexity index is 194. The first-order chi connectivity index (χ1) is 6.65. The number of rotatable bonds is 3. The molecule has 0 spiro atoms. The molecular weight excluding hydrogens is 178 g/mol. The van der Waals surface area contributed by atoms with E-state index >= 15 is 0 Å². The van der Waals surface area contributed by atoms with Crippen molar-refractivity contribution in [2.24, 2.45) is 5.92 Å². The van der Waals surface area contributed by atoms with E-state index in [0.717, 1.165) is 32.1 Å². The normalized spacial score (nSPS) is 29.6. The Kier molecular flexibility index (Phi) is 4.39. The Morgan fingerprint density at radius 1 is 1.50 bits per heavy atom. The molecule has 82 valence electrons. The Morgan fingerprint density at radius 2 is 2.14 bits per heavy atom. The molecular formula is C11H21NO2. The maximum Gasteiger partial charge on any atom is 0.223 e. The van der Waals surface area contributed by atoms with Crippen molar-refractivity contribution >= 4 is 5.91 Å². The zero-order valence-corrected chi connectivity index (χ0v) is 9.12. The highest BCUT2D eigenvalue weighted by molar-refractivity contribution is 5.78. The summed E-state index contributed by atoms with van der Waals surface area (Å²) in [5, 5.41) is 12.6. The first-order valence-corrected chi connectivity index (χ1v) is 5.63. The van der Waals surface area contributed by atoms with E-state index in [1.165, 1.54) is 0 Å². The lowest BCUT2D eigenvalue weighted by Crippen LogP contribution is -2.46. The Morgan fingerprint density at radius 3 is 2.71 bits per heavy atom. The van der Waals surface area contributed by atoms with E-state index in [2.05, 4.69) is 5.32 Å². The standard InChI is InChI=1S/C11H21NO2/c1-3-8(2)11(14)12-9-6-4-5-7-10(9)13/h8-10,13H,3-7H2,1-2H3,(H,12,14)/t8?,9-,10-/m1/s1. The Labute approximate surface area is 85.9 Å². The predicted octanol–water partition coefficient (Wildman–Crippen LogP) is 1.45. The van der Waals surface area contributed by atoms with E-state index < -0.39 is 0 Å². The van der Waals surface area contributed by atoms with Gasteiger partial charge in [-0.2, -0.15) is 0 Å². The molecule has 1 amide bonds. The molecule has 14 heavy (non-hydrogen) atoms. The molecule has 3 atom stereocenters. The van der Waals surface area contributed by atoms with Crippen LogP contribution < -0.4 is 5.32 Å². The van der Waals surface area contributed by atoms with Crippen LogP contribution >= 0.6 is 0 Å². The Balaban J connectivity index is 2.38. The third-order valence-electron chi connectivity index (χ3n) is 3.12. The summed E-state index contributed by atoms with van der Waals surface area (Å²) >= 11 is 0. The number of hydrogen-bond donors (Lipinski definition) is 2. The number of carbonyl (C=O) groups excluding carboxylic acids is 1. The molecule has 1 unspecified atom stereocenters. The molecule has 0 radical (unpaired) electrons. The van der Waals surface area contributed by atoms with Crippen LogP contribution in [0, 0.1) is 5.92 Å². The van der Waals surface area contributed by atoms with Gasteiger partial charge in [-0.1, -0.05) is 26.7 Å². The summed E-state index contributed by atoms with van der Waals surface area (Å²) in [4.78, 5) is 11.6. The summed E-state index contributed by atoms with van der Waals surface area (Å²) in [6.45, 7) is 3.92. The van der Waals surface area contributed by atoms with Crippen LogP contribution in [0.4, 0.5) is 0 Å². The summed E-state index contributed by atoms with van der Waals surface area (Å²) in [7, 11) is 0. The summed E-state index contributed by atoms with van der Waals surface area (Å²) < 4.78 is 0. The molecule has 3 nitrogen and oxygen atoms in total. The van der Waals surface area contributed by atoms with Crippen molar-refractivity contribution in [3.63, 3.8) is 0 Å². The van der Waals surface area contributed by atoms with E-state index in [1.54, 1.807) is 0 Å². The van der Waals surface area contributed by atoms with Gasteiger partial charge in [0, 0.05) is 5.92 Å². The highest BCUT2D eigenvalue weighted by atomic mass is 16.3. The molecule has 0 aromatic carbocycles. The molecule has 0 saturated heterocycles. The van der Waals surface area contributed by atoms with Crippen molar-refractivity contribution in [1.82, 2.24) is 5.32 Å². The van der Waals surface area contributed by atoms with Crippen LogP contribution in [-0.4, -0.2) is 23.2 Å². The van der Waals surface area contributed by atoms with Crippen molar-refractivity contribution < 1.29 is 9.90 Å². The minimum Gasteiger partial charge on any atom is -0.391 e. The zero-order valence-electron chi connectivity index (χ0n) is 9.12. The van der Waals surface area contributed by atoms with Crippen LogP contribution in [0.25, 0.3) is 0 Å². The largest absolute Gasteiger partial charge is 0.391 e. The van der Waals surface area contributed by atoms with Crippen molar-refractivity contribution in [3.8, 4) is 0 Å². The highest BCUT2D eigenvalue weighted by Crippen LogP contribution is 2.18. The maximum atomic E-state index is 11.6. The van der Waals surface area contributed by atoms with Gasteiger partial charge in [-0.05, 0) is 19.3 Å². The van der Waals surface area contributed by atoms with Crippen LogP contribution in [0.1, 0.15) is 46.0 Å².